The first kappa shape index (κ1) is 16.0. The van der Waals surface area contributed by atoms with Gasteiger partial charge in [0, 0.05) is 26.1 Å². The second kappa shape index (κ2) is 8.80. The predicted molar refractivity (Wildman–Crippen MR) is 82.0 cm³/mol. The van der Waals surface area contributed by atoms with Gasteiger partial charge in [-0.15, -0.1) is 0 Å². The molecule has 0 saturated carbocycles. The van der Waals surface area contributed by atoms with Gasteiger partial charge in [0.25, 0.3) is 0 Å². The number of β-amino-alcohol motifs (C(OH)–C–C–N with tert-alkyl or cyclic N) is 1. The van der Waals surface area contributed by atoms with E-state index in [9.17, 15) is 9.90 Å². The van der Waals surface area contributed by atoms with Gasteiger partial charge in [-0.3, -0.25) is 4.79 Å². The summed E-state index contributed by atoms with van der Waals surface area (Å²) in [6.07, 6.45) is 3.54. The number of rotatable bonds is 7. The first-order chi connectivity index (χ1) is 10.3. The molecule has 1 heterocycles. The fourth-order valence-electron chi connectivity index (χ4n) is 2.60. The van der Waals surface area contributed by atoms with E-state index < -0.39 is 0 Å². The number of aliphatic hydroxyl groups is 1. The Morgan fingerprint density at radius 1 is 1.29 bits per heavy atom. The van der Waals surface area contributed by atoms with Gasteiger partial charge in [-0.2, -0.15) is 0 Å². The molecule has 0 aromatic heterocycles. The number of likely N-dealkylation sites (tertiary alicyclic amines) is 1. The second-order valence-electron chi connectivity index (χ2n) is 5.59. The van der Waals surface area contributed by atoms with E-state index in [1.807, 2.05) is 18.2 Å². The molecule has 4 nitrogen and oxygen atoms in total. The summed E-state index contributed by atoms with van der Waals surface area (Å²) in [6, 6.07) is 10.2. The minimum atomic E-state index is -0.343. The summed E-state index contributed by atoms with van der Waals surface area (Å²) in [5, 5.41) is 9.56. The van der Waals surface area contributed by atoms with E-state index in [0.717, 1.165) is 32.2 Å². The van der Waals surface area contributed by atoms with Gasteiger partial charge < -0.3 is 14.7 Å². The van der Waals surface area contributed by atoms with Gasteiger partial charge in [-0.25, -0.2) is 0 Å². The van der Waals surface area contributed by atoms with E-state index in [4.69, 9.17) is 4.74 Å². The number of hydrogen-bond donors (Lipinski definition) is 1. The Labute approximate surface area is 126 Å². The Morgan fingerprint density at radius 3 is 2.86 bits per heavy atom. The highest BCUT2D eigenvalue weighted by molar-refractivity contribution is 5.76. The van der Waals surface area contributed by atoms with Crippen LogP contribution in [0.1, 0.15) is 31.2 Å². The maximum absolute atomic E-state index is 12.0. The first-order valence-electron chi connectivity index (χ1n) is 7.83. The lowest BCUT2D eigenvalue weighted by Crippen LogP contribution is -2.42. The molecule has 1 atom stereocenters. The van der Waals surface area contributed by atoms with Crippen molar-refractivity contribution in [3.05, 3.63) is 35.9 Å². The van der Waals surface area contributed by atoms with E-state index in [1.165, 1.54) is 5.56 Å². The van der Waals surface area contributed by atoms with Crippen LogP contribution in [-0.2, 0) is 16.0 Å². The largest absolute Gasteiger partial charge is 0.391 e. The number of nitrogens with zero attached hydrogens (tertiary/aromatic N) is 1. The van der Waals surface area contributed by atoms with Crippen molar-refractivity contribution >= 4 is 5.91 Å². The predicted octanol–water partition coefficient (Wildman–Crippen LogP) is 2.01. The molecule has 0 bridgehead atoms. The molecule has 1 aliphatic heterocycles. The summed E-state index contributed by atoms with van der Waals surface area (Å²) >= 11 is 0. The highest BCUT2D eigenvalue weighted by Crippen LogP contribution is 2.11. The molecular weight excluding hydrogens is 266 g/mol. The Balaban J connectivity index is 1.52. The number of aliphatic hydroxyl groups excluding tert-OH is 1. The van der Waals surface area contributed by atoms with E-state index in [0.29, 0.717) is 26.2 Å². The Hall–Kier alpha value is -1.39. The van der Waals surface area contributed by atoms with Crippen molar-refractivity contribution in [1.29, 1.82) is 0 Å². The SMILES string of the molecule is O=C(CCCOCCc1ccccc1)N1CCCC(O)C1. The van der Waals surface area contributed by atoms with Crippen LogP contribution in [0.15, 0.2) is 30.3 Å². The van der Waals surface area contributed by atoms with Gasteiger partial charge in [0.05, 0.1) is 12.7 Å². The molecule has 0 aliphatic carbocycles. The zero-order valence-electron chi connectivity index (χ0n) is 12.5. The third-order valence-corrected chi connectivity index (χ3v) is 3.81. The van der Waals surface area contributed by atoms with Gasteiger partial charge >= 0.3 is 0 Å². The lowest BCUT2D eigenvalue weighted by Gasteiger charge is -2.30. The summed E-state index contributed by atoms with van der Waals surface area (Å²) in [6.45, 7) is 2.59. The molecule has 0 spiro atoms. The topological polar surface area (TPSA) is 49.8 Å². The molecule has 1 fully saturated rings. The van der Waals surface area contributed by atoms with E-state index in [-0.39, 0.29) is 12.0 Å². The molecule has 1 aromatic carbocycles. The molecule has 116 valence electrons. The van der Waals surface area contributed by atoms with Crippen molar-refractivity contribution in [1.82, 2.24) is 4.90 Å². The van der Waals surface area contributed by atoms with E-state index >= 15 is 0 Å². The highest BCUT2D eigenvalue weighted by Gasteiger charge is 2.21. The number of benzene rings is 1. The van der Waals surface area contributed by atoms with Crippen LogP contribution >= 0.6 is 0 Å². The Kier molecular flexibility index (Phi) is 6.70. The maximum atomic E-state index is 12.0. The van der Waals surface area contributed by atoms with Gasteiger partial charge in [0.15, 0.2) is 0 Å². The molecular formula is C17H25NO3. The fourth-order valence-corrected chi connectivity index (χ4v) is 2.60. The lowest BCUT2D eigenvalue weighted by atomic mass is 10.1. The molecule has 0 radical (unpaired) electrons. The molecule has 1 aromatic rings. The van der Waals surface area contributed by atoms with Crippen LogP contribution in [0, 0.1) is 0 Å². The first-order valence-corrected chi connectivity index (χ1v) is 7.83. The fraction of sp³-hybridized carbons (Fsp3) is 0.588. The van der Waals surface area contributed by atoms with Crippen molar-refractivity contribution in [3.8, 4) is 0 Å². The smallest absolute Gasteiger partial charge is 0.222 e. The lowest BCUT2D eigenvalue weighted by molar-refractivity contribution is -0.134. The molecule has 1 amide bonds. The number of amides is 1. The number of piperidine rings is 1. The standard InChI is InChI=1S/C17H25NO3/c19-16-8-4-11-18(14-16)17(20)9-5-12-21-13-10-15-6-2-1-3-7-15/h1-3,6-7,16,19H,4-5,8-14H2. The molecule has 4 heteroatoms. The van der Waals surface area contributed by atoms with Crippen LogP contribution in [-0.4, -0.2) is 48.3 Å². The summed E-state index contributed by atoms with van der Waals surface area (Å²) in [5.41, 5.74) is 1.27. The van der Waals surface area contributed by atoms with Crippen LogP contribution in [0.25, 0.3) is 0 Å². The van der Waals surface area contributed by atoms with Crippen LogP contribution in [0.2, 0.25) is 0 Å². The average molecular weight is 291 g/mol. The third kappa shape index (κ3) is 5.86. The summed E-state index contributed by atoms with van der Waals surface area (Å²) in [5.74, 6) is 0.139. The number of carbonyl (C=O) groups is 1. The van der Waals surface area contributed by atoms with Crippen molar-refractivity contribution < 1.29 is 14.6 Å². The van der Waals surface area contributed by atoms with Gasteiger partial charge in [-0.05, 0) is 31.2 Å². The third-order valence-electron chi connectivity index (χ3n) is 3.81. The molecule has 2 rings (SSSR count). The van der Waals surface area contributed by atoms with Gasteiger partial charge in [0.1, 0.15) is 0 Å². The second-order valence-corrected chi connectivity index (χ2v) is 5.59. The van der Waals surface area contributed by atoms with Crippen molar-refractivity contribution in [3.63, 3.8) is 0 Å². The van der Waals surface area contributed by atoms with Crippen molar-refractivity contribution in [2.75, 3.05) is 26.3 Å². The van der Waals surface area contributed by atoms with Crippen LogP contribution in [0.4, 0.5) is 0 Å². The van der Waals surface area contributed by atoms with Gasteiger partial charge in [-0.1, -0.05) is 30.3 Å². The van der Waals surface area contributed by atoms with Crippen LogP contribution in [0.5, 0.6) is 0 Å². The minimum Gasteiger partial charge on any atom is -0.391 e. The molecule has 21 heavy (non-hydrogen) atoms. The Morgan fingerprint density at radius 2 is 2.10 bits per heavy atom. The molecule has 1 aliphatic rings. The zero-order chi connectivity index (χ0) is 14.9. The number of carbonyl (C=O) groups excluding carboxylic acids is 1. The van der Waals surface area contributed by atoms with Crippen molar-refractivity contribution in [2.24, 2.45) is 0 Å². The molecule has 1 saturated heterocycles. The number of hydrogen-bond acceptors (Lipinski definition) is 3. The van der Waals surface area contributed by atoms with Gasteiger partial charge in [0.2, 0.25) is 5.91 Å². The minimum absolute atomic E-state index is 0.139. The summed E-state index contributed by atoms with van der Waals surface area (Å²) in [4.78, 5) is 13.7. The average Bonchev–Trinajstić information content (AvgIpc) is 2.51. The van der Waals surface area contributed by atoms with Crippen LogP contribution in [0.3, 0.4) is 0 Å². The molecule has 1 N–H and O–H groups in total. The summed E-state index contributed by atoms with van der Waals surface area (Å²) < 4.78 is 5.58. The zero-order valence-corrected chi connectivity index (χ0v) is 12.5. The van der Waals surface area contributed by atoms with Crippen molar-refractivity contribution in [2.45, 2.75) is 38.2 Å². The summed E-state index contributed by atoms with van der Waals surface area (Å²) in [7, 11) is 0. The van der Waals surface area contributed by atoms with E-state index in [2.05, 4.69) is 12.1 Å². The monoisotopic (exact) mass is 291 g/mol. The molecule has 1 unspecified atom stereocenters. The highest BCUT2D eigenvalue weighted by atomic mass is 16.5. The van der Waals surface area contributed by atoms with Crippen LogP contribution < -0.4 is 0 Å². The van der Waals surface area contributed by atoms with E-state index in [1.54, 1.807) is 4.90 Å². The Bertz CT molecular complexity index is 421. The maximum Gasteiger partial charge on any atom is 0.222 e. The number of ether oxygens (including phenoxy) is 1. The normalized spacial score (nSPS) is 18.7. The quantitative estimate of drug-likeness (QED) is 0.782.